The van der Waals surface area contributed by atoms with E-state index in [-0.39, 0.29) is 12.5 Å². The van der Waals surface area contributed by atoms with E-state index in [0.717, 1.165) is 17.7 Å². The third kappa shape index (κ3) is 4.59. The molecule has 0 fully saturated rings. The van der Waals surface area contributed by atoms with Crippen LogP contribution in [-0.2, 0) is 4.79 Å². The lowest BCUT2D eigenvalue weighted by Crippen LogP contribution is -2.20. The van der Waals surface area contributed by atoms with Gasteiger partial charge in [0.15, 0.2) is 6.61 Å². The smallest absolute Gasteiger partial charge is 0.262 e. The van der Waals surface area contributed by atoms with Crippen LogP contribution >= 0.6 is 0 Å². The Bertz CT molecular complexity index is 711. The molecule has 0 aliphatic carbocycles. The lowest BCUT2D eigenvalue weighted by atomic mass is 9.98. The van der Waals surface area contributed by atoms with Crippen LogP contribution < -0.4 is 15.8 Å². The van der Waals surface area contributed by atoms with Crippen molar-refractivity contribution in [3.8, 4) is 5.75 Å². The van der Waals surface area contributed by atoms with E-state index >= 15 is 0 Å². The van der Waals surface area contributed by atoms with Gasteiger partial charge in [-0.3, -0.25) is 9.59 Å². The second-order valence-corrected chi connectivity index (χ2v) is 5.63. The van der Waals surface area contributed by atoms with E-state index < -0.39 is 5.91 Å². The summed E-state index contributed by atoms with van der Waals surface area (Å²) in [6, 6.07) is 14.1. The van der Waals surface area contributed by atoms with Crippen LogP contribution in [0.5, 0.6) is 5.75 Å². The zero-order valence-electron chi connectivity index (χ0n) is 13.9. The van der Waals surface area contributed by atoms with Crippen LogP contribution in [0.25, 0.3) is 0 Å². The molecule has 2 amide bonds. The molecule has 3 N–H and O–H groups in total. The predicted molar refractivity (Wildman–Crippen MR) is 94.2 cm³/mol. The number of benzene rings is 2. The summed E-state index contributed by atoms with van der Waals surface area (Å²) in [4.78, 5) is 23.0. The summed E-state index contributed by atoms with van der Waals surface area (Å²) >= 11 is 0. The minimum atomic E-state index is -0.502. The van der Waals surface area contributed by atoms with Crippen LogP contribution in [-0.4, -0.2) is 18.4 Å². The minimum absolute atomic E-state index is 0.0784. The highest BCUT2D eigenvalue weighted by atomic mass is 16.5. The van der Waals surface area contributed by atoms with Crippen LogP contribution in [0.2, 0.25) is 0 Å². The van der Waals surface area contributed by atoms with Crippen molar-refractivity contribution >= 4 is 17.5 Å². The van der Waals surface area contributed by atoms with Gasteiger partial charge in [0.1, 0.15) is 5.75 Å². The summed E-state index contributed by atoms with van der Waals surface area (Å²) in [5.41, 5.74) is 7.26. The van der Waals surface area contributed by atoms with Gasteiger partial charge < -0.3 is 15.8 Å². The molecule has 0 radical (unpaired) electrons. The molecule has 126 valence electrons. The van der Waals surface area contributed by atoms with Crippen LogP contribution in [0, 0.1) is 0 Å². The molecule has 0 heterocycles. The number of carbonyl (C=O) groups is 2. The normalized spacial score (nSPS) is 11.6. The van der Waals surface area contributed by atoms with Gasteiger partial charge in [0.25, 0.3) is 5.91 Å². The molecule has 0 bridgehead atoms. The summed E-state index contributed by atoms with van der Waals surface area (Å²) < 4.78 is 5.67. The number of ether oxygens (including phenoxy) is 1. The van der Waals surface area contributed by atoms with Crippen molar-refractivity contribution in [3.05, 3.63) is 59.7 Å². The van der Waals surface area contributed by atoms with Gasteiger partial charge in [-0.1, -0.05) is 32.0 Å². The fourth-order valence-corrected chi connectivity index (χ4v) is 2.30. The number of hydrogen-bond acceptors (Lipinski definition) is 3. The number of amides is 2. The van der Waals surface area contributed by atoms with Gasteiger partial charge in [0, 0.05) is 11.3 Å². The SMILES string of the molecule is CC[C@@H](C)c1ccccc1OCC(=O)Nc1ccc(C(N)=O)cc1. The van der Waals surface area contributed by atoms with E-state index in [0.29, 0.717) is 17.2 Å². The van der Waals surface area contributed by atoms with Crippen LogP contribution in [0.15, 0.2) is 48.5 Å². The second kappa shape index (κ2) is 8.15. The molecule has 2 aromatic carbocycles. The Morgan fingerprint density at radius 1 is 1.12 bits per heavy atom. The number of rotatable bonds is 7. The number of carbonyl (C=O) groups excluding carboxylic acids is 2. The average Bonchev–Trinajstić information content (AvgIpc) is 2.60. The summed E-state index contributed by atoms with van der Waals surface area (Å²) in [6.45, 7) is 4.16. The Balaban J connectivity index is 1.95. The van der Waals surface area contributed by atoms with Crippen molar-refractivity contribution in [2.24, 2.45) is 5.73 Å². The highest BCUT2D eigenvalue weighted by molar-refractivity contribution is 5.95. The highest BCUT2D eigenvalue weighted by Crippen LogP contribution is 2.28. The van der Waals surface area contributed by atoms with E-state index in [9.17, 15) is 9.59 Å². The third-order valence-corrected chi connectivity index (χ3v) is 3.87. The van der Waals surface area contributed by atoms with E-state index in [1.807, 2.05) is 24.3 Å². The van der Waals surface area contributed by atoms with Crippen molar-refractivity contribution < 1.29 is 14.3 Å². The molecule has 0 aliphatic rings. The molecular weight excluding hydrogens is 304 g/mol. The van der Waals surface area contributed by atoms with Crippen molar-refractivity contribution in [3.63, 3.8) is 0 Å². The highest BCUT2D eigenvalue weighted by Gasteiger charge is 2.11. The number of para-hydroxylation sites is 1. The maximum Gasteiger partial charge on any atom is 0.262 e. The molecular formula is C19H22N2O3. The maximum absolute atomic E-state index is 12.0. The van der Waals surface area contributed by atoms with Gasteiger partial charge >= 0.3 is 0 Å². The topological polar surface area (TPSA) is 81.4 Å². The predicted octanol–water partition coefficient (Wildman–Crippen LogP) is 3.32. The molecule has 5 nitrogen and oxygen atoms in total. The first-order valence-corrected chi connectivity index (χ1v) is 7.92. The minimum Gasteiger partial charge on any atom is -0.483 e. The Hall–Kier alpha value is -2.82. The van der Waals surface area contributed by atoms with E-state index in [1.54, 1.807) is 24.3 Å². The van der Waals surface area contributed by atoms with E-state index in [4.69, 9.17) is 10.5 Å². The van der Waals surface area contributed by atoms with Crippen molar-refractivity contribution in [1.29, 1.82) is 0 Å². The molecule has 0 aliphatic heterocycles. The number of nitrogens with one attached hydrogen (secondary N) is 1. The Morgan fingerprint density at radius 2 is 1.79 bits per heavy atom. The van der Waals surface area contributed by atoms with Crippen LogP contribution in [0.3, 0.4) is 0 Å². The number of anilines is 1. The summed E-state index contributed by atoms with van der Waals surface area (Å²) in [5.74, 6) is 0.329. The molecule has 2 aromatic rings. The lowest BCUT2D eigenvalue weighted by Gasteiger charge is -2.15. The first kappa shape index (κ1) is 17.5. The van der Waals surface area contributed by atoms with E-state index in [1.165, 1.54) is 0 Å². The lowest BCUT2D eigenvalue weighted by molar-refractivity contribution is -0.118. The average molecular weight is 326 g/mol. The van der Waals surface area contributed by atoms with Crippen LogP contribution in [0.1, 0.15) is 42.1 Å². The maximum atomic E-state index is 12.0. The van der Waals surface area contributed by atoms with E-state index in [2.05, 4.69) is 19.2 Å². The summed E-state index contributed by atoms with van der Waals surface area (Å²) in [7, 11) is 0. The summed E-state index contributed by atoms with van der Waals surface area (Å²) in [6.07, 6.45) is 0.999. The zero-order chi connectivity index (χ0) is 17.5. The molecule has 2 rings (SSSR count). The molecule has 0 unspecified atom stereocenters. The number of hydrogen-bond donors (Lipinski definition) is 2. The number of primary amides is 1. The molecule has 24 heavy (non-hydrogen) atoms. The third-order valence-electron chi connectivity index (χ3n) is 3.87. The molecule has 0 aromatic heterocycles. The van der Waals surface area contributed by atoms with Gasteiger partial charge in [0.2, 0.25) is 5.91 Å². The quantitative estimate of drug-likeness (QED) is 0.819. The largest absolute Gasteiger partial charge is 0.483 e. The Labute approximate surface area is 141 Å². The molecule has 0 saturated carbocycles. The van der Waals surface area contributed by atoms with Gasteiger partial charge in [-0.25, -0.2) is 0 Å². The standard InChI is InChI=1S/C19H22N2O3/c1-3-13(2)16-6-4-5-7-17(16)24-12-18(22)21-15-10-8-14(9-11-15)19(20)23/h4-11,13H,3,12H2,1-2H3,(H2,20,23)(H,21,22)/t13-/m1/s1. The zero-order valence-corrected chi connectivity index (χ0v) is 13.9. The fourth-order valence-electron chi connectivity index (χ4n) is 2.30. The van der Waals surface area contributed by atoms with Gasteiger partial charge in [-0.2, -0.15) is 0 Å². The van der Waals surface area contributed by atoms with Gasteiger partial charge in [-0.05, 0) is 48.2 Å². The van der Waals surface area contributed by atoms with Crippen molar-refractivity contribution in [2.75, 3.05) is 11.9 Å². The molecule has 0 saturated heterocycles. The monoisotopic (exact) mass is 326 g/mol. The van der Waals surface area contributed by atoms with Crippen LogP contribution in [0.4, 0.5) is 5.69 Å². The fraction of sp³-hybridized carbons (Fsp3) is 0.263. The second-order valence-electron chi connectivity index (χ2n) is 5.63. The first-order chi connectivity index (χ1) is 11.5. The summed E-state index contributed by atoms with van der Waals surface area (Å²) in [5, 5.41) is 2.72. The molecule has 0 spiro atoms. The van der Waals surface area contributed by atoms with Crippen molar-refractivity contribution in [1.82, 2.24) is 0 Å². The Kier molecular flexibility index (Phi) is 5.95. The molecule has 5 heteroatoms. The van der Waals surface area contributed by atoms with Crippen molar-refractivity contribution in [2.45, 2.75) is 26.2 Å². The number of nitrogens with two attached hydrogens (primary N) is 1. The first-order valence-electron chi connectivity index (χ1n) is 7.92. The van der Waals surface area contributed by atoms with Gasteiger partial charge in [0.05, 0.1) is 0 Å². The molecule has 1 atom stereocenters. The Morgan fingerprint density at radius 3 is 2.42 bits per heavy atom. The van der Waals surface area contributed by atoms with Gasteiger partial charge in [-0.15, -0.1) is 0 Å².